The molecule has 0 aliphatic carbocycles. The number of benzene rings is 1. The van der Waals surface area contributed by atoms with Crippen LogP contribution in [0.25, 0.3) is 0 Å². The van der Waals surface area contributed by atoms with E-state index in [4.69, 9.17) is 4.74 Å². The lowest BCUT2D eigenvalue weighted by Crippen LogP contribution is -2.11. The zero-order valence-corrected chi connectivity index (χ0v) is 11.9. The second-order valence-electron chi connectivity index (χ2n) is 3.37. The topological polar surface area (TPSA) is 67.9 Å². The Hall–Kier alpha value is -1.34. The number of carbonyl (C=O) groups excluding carboxylic acids is 1. The highest BCUT2D eigenvalue weighted by molar-refractivity contribution is 9.10. The third-order valence-electron chi connectivity index (χ3n) is 2.19. The molecule has 0 saturated heterocycles. The minimum atomic E-state index is -0.472. The highest BCUT2D eigenvalue weighted by atomic mass is 79.9. The number of H-pyrrole nitrogens is 1. The molecule has 1 atom stereocenters. The van der Waals surface area contributed by atoms with Gasteiger partial charge in [-0.25, -0.2) is 4.98 Å². The number of ether oxygens (including phenoxy) is 1. The number of aromatic amines is 1. The molecule has 94 valence electrons. The smallest absolute Gasteiger partial charge is 0.323 e. The van der Waals surface area contributed by atoms with Gasteiger partial charge in [0.1, 0.15) is 11.6 Å². The predicted octanol–water partition coefficient (Wildman–Crippen LogP) is 2.57. The van der Waals surface area contributed by atoms with Crippen molar-refractivity contribution in [1.82, 2.24) is 15.2 Å². The fraction of sp³-hybridized carbons (Fsp3) is 0.182. The molecule has 1 N–H and O–H groups in total. The van der Waals surface area contributed by atoms with Crippen LogP contribution in [0.3, 0.4) is 0 Å². The highest BCUT2D eigenvalue weighted by Crippen LogP contribution is 2.34. The minimum absolute atomic E-state index is 0.325. The Kier molecular flexibility index (Phi) is 4.38. The first-order valence-corrected chi connectivity index (χ1v) is 6.73. The molecule has 18 heavy (non-hydrogen) atoms. The molecule has 0 bridgehead atoms. The summed E-state index contributed by atoms with van der Waals surface area (Å²) in [5, 5.41) is 6.57. The largest absolute Gasteiger partial charge is 0.468 e. The number of hydrogen-bond donors (Lipinski definition) is 1. The summed E-state index contributed by atoms with van der Waals surface area (Å²) in [6.45, 7) is 0. The molecule has 7 heteroatoms. The van der Waals surface area contributed by atoms with Crippen molar-refractivity contribution in [2.45, 2.75) is 10.4 Å². The Balaban J connectivity index is 2.28. The molecule has 1 heterocycles. The van der Waals surface area contributed by atoms with E-state index in [0.717, 1.165) is 10.0 Å². The maximum absolute atomic E-state index is 11.8. The lowest BCUT2D eigenvalue weighted by molar-refractivity contribution is -0.140. The molecule has 1 unspecified atom stereocenters. The number of methoxy groups -OCH3 is 1. The molecule has 1 aromatic carbocycles. The van der Waals surface area contributed by atoms with Crippen molar-refractivity contribution in [3.63, 3.8) is 0 Å². The van der Waals surface area contributed by atoms with Gasteiger partial charge in [-0.1, -0.05) is 39.8 Å². The van der Waals surface area contributed by atoms with Crippen molar-refractivity contribution in [3.05, 3.63) is 40.6 Å². The van der Waals surface area contributed by atoms with Gasteiger partial charge in [-0.05, 0) is 17.7 Å². The van der Waals surface area contributed by atoms with Crippen LogP contribution >= 0.6 is 27.7 Å². The Morgan fingerprint density at radius 2 is 2.39 bits per heavy atom. The van der Waals surface area contributed by atoms with Crippen LogP contribution in [0.4, 0.5) is 0 Å². The molecule has 0 radical (unpaired) electrons. The second-order valence-corrected chi connectivity index (χ2v) is 5.38. The van der Waals surface area contributed by atoms with E-state index in [0.29, 0.717) is 5.16 Å². The van der Waals surface area contributed by atoms with Crippen LogP contribution in [0.1, 0.15) is 10.8 Å². The third kappa shape index (κ3) is 3.11. The maximum Gasteiger partial charge on any atom is 0.323 e. The Labute approximate surface area is 116 Å². The first-order chi connectivity index (χ1) is 8.70. The number of carbonyl (C=O) groups is 1. The fourth-order valence-electron chi connectivity index (χ4n) is 1.39. The average molecular weight is 328 g/mol. The van der Waals surface area contributed by atoms with Crippen molar-refractivity contribution in [3.8, 4) is 0 Å². The summed E-state index contributed by atoms with van der Waals surface area (Å²) in [7, 11) is 1.37. The fourth-order valence-corrected chi connectivity index (χ4v) is 2.72. The monoisotopic (exact) mass is 327 g/mol. The molecule has 5 nitrogen and oxygen atoms in total. The van der Waals surface area contributed by atoms with Gasteiger partial charge in [0, 0.05) is 4.47 Å². The number of nitrogens with zero attached hydrogens (tertiary/aromatic N) is 2. The third-order valence-corrected chi connectivity index (χ3v) is 3.80. The Morgan fingerprint density at radius 1 is 1.56 bits per heavy atom. The van der Waals surface area contributed by atoms with Crippen molar-refractivity contribution in [2.24, 2.45) is 0 Å². The van der Waals surface area contributed by atoms with Gasteiger partial charge in [-0.3, -0.25) is 9.89 Å². The molecule has 1 aromatic heterocycles. The Bertz CT molecular complexity index is 533. The van der Waals surface area contributed by atoms with E-state index in [1.165, 1.54) is 25.2 Å². The number of aromatic nitrogens is 3. The van der Waals surface area contributed by atoms with Crippen molar-refractivity contribution in [2.75, 3.05) is 7.11 Å². The van der Waals surface area contributed by atoms with E-state index in [1.54, 1.807) is 0 Å². The van der Waals surface area contributed by atoms with Crippen LogP contribution in [0.2, 0.25) is 0 Å². The van der Waals surface area contributed by atoms with E-state index in [1.807, 2.05) is 24.3 Å². The van der Waals surface area contributed by atoms with E-state index < -0.39 is 5.25 Å². The van der Waals surface area contributed by atoms with Crippen molar-refractivity contribution < 1.29 is 9.53 Å². The Morgan fingerprint density at radius 3 is 3.00 bits per heavy atom. The van der Waals surface area contributed by atoms with Crippen LogP contribution in [0, 0.1) is 0 Å². The quantitative estimate of drug-likeness (QED) is 0.690. The van der Waals surface area contributed by atoms with Gasteiger partial charge in [0.25, 0.3) is 0 Å². The van der Waals surface area contributed by atoms with Crippen LogP contribution in [-0.4, -0.2) is 28.3 Å². The van der Waals surface area contributed by atoms with Crippen LogP contribution < -0.4 is 0 Å². The summed E-state index contributed by atoms with van der Waals surface area (Å²) >= 11 is 4.65. The SMILES string of the molecule is COC(=O)C(Sc1ncn[nH]1)c1cccc(Br)c1. The number of esters is 1. The minimum Gasteiger partial charge on any atom is -0.468 e. The number of hydrogen-bond acceptors (Lipinski definition) is 5. The molecule has 0 amide bonds. The van der Waals surface area contributed by atoms with Crippen LogP contribution in [0.15, 0.2) is 40.2 Å². The molecular formula is C11H10BrN3O2S. The summed E-state index contributed by atoms with van der Waals surface area (Å²) in [6.07, 6.45) is 1.40. The van der Waals surface area contributed by atoms with E-state index >= 15 is 0 Å². The predicted molar refractivity (Wildman–Crippen MR) is 71.1 cm³/mol. The molecule has 0 spiro atoms. The van der Waals surface area contributed by atoms with Crippen molar-refractivity contribution >= 4 is 33.7 Å². The second kappa shape index (κ2) is 6.01. The first-order valence-electron chi connectivity index (χ1n) is 5.06. The van der Waals surface area contributed by atoms with Gasteiger partial charge in [0.15, 0.2) is 5.16 Å². The number of rotatable bonds is 4. The first kappa shape index (κ1) is 13.1. The van der Waals surface area contributed by atoms with E-state index in [2.05, 4.69) is 31.1 Å². The van der Waals surface area contributed by atoms with Gasteiger partial charge in [-0.2, -0.15) is 5.10 Å². The molecule has 0 fully saturated rings. The van der Waals surface area contributed by atoms with Crippen LogP contribution in [0.5, 0.6) is 0 Å². The summed E-state index contributed by atoms with van der Waals surface area (Å²) in [5.41, 5.74) is 0.845. The summed E-state index contributed by atoms with van der Waals surface area (Å²) in [5.74, 6) is -0.325. The van der Waals surface area contributed by atoms with E-state index in [9.17, 15) is 4.79 Å². The van der Waals surface area contributed by atoms with E-state index in [-0.39, 0.29) is 5.97 Å². The zero-order chi connectivity index (χ0) is 13.0. The average Bonchev–Trinajstić information content (AvgIpc) is 2.88. The molecule has 0 saturated carbocycles. The standard InChI is InChI=1S/C11H10BrN3O2S/c1-17-10(16)9(18-11-13-6-14-15-11)7-3-2-4-8(12)5-7/h2-6,9H,1H3,(H,13,14,15). The molecular weight excluding hydrogens is 318 g/mol. The number of halogens is 1. The summed E-state index contributed by atoms with van der Waals surface area (Å²) in [4.78, 5) is 15.8. The molecule has 0 aliphatic heterocycles. The zero-order valence-electron chi connectivity index (χ0n) is 9.46. The number of nitrogens with one attached hydrogen (secondary N) is 1. The molecule has 2 aromatic rings. The molecule has 2 rings (SSSR count). The molecule has 0 aliphatic rings. The van der Waals surface area contributed by atoms with Gasteiger partial charge in [-0.15, -0.1) is 0 Å². The number of thioether (sulfide) groups is 1. The lowest BCUT2D eigenvalue weighted by atomic mass is 10.1. The highest BCUT2D eigenvalue weighted by Gasteiger charge is 2.24. The summed E-state index contributed by atoms with van der Waals surface area (Å²) < 4.78 is 5.73. The lowest BCUT2D eigenvalue weighted by Gasteiger charge is -2.13. The maximum atomic E-state index is 11.8. The normalized spacial score (nSPS) is 12.1. The van der Waals surface area contributed by atoms with Gasteiger partial charge >= 0.3 is 5.97 Å². The van der Waals surface area contributed by atoms with Gasteiger partial charge in [0.05, 0.1) is 7.11 Å². The van der Waals surface area contributed by atoms with Gasteiger partial charge < -0.3 is 4.74 Å². The van der Waals surface area contributed by atoms with Crippen LogP contribution in [-0.2, 0) is 9.53 Å². The summed E-state index contributed by atoms with van der Waals surface area (Å²) in [6, 6.07) is 7.52. The van der Waals surface area contributed by atoms with Crippen molar-refractivity contribution in [1.29, 1.82) is 0 Å². The van der Waals surface area contributed by atoms with Gasteiger partial charge in [0.2, 0.25) is 0 Å².